The molecule has 4 aromatic rings. The van der Waals surface area contributed by atoms with Crippen molar-refractivity contribution in [2.75, 3.05) is 0 Å². The van der Waals surface area contributed by atoms with Crippen molar-refractivity contribution >= 4 is 20.2 Å². The van der Waals surface area contributed by atoms with Gasteiger partial charge in [-0.05, 0) is 0 Å². The number of hydrogen-bond donors (Lipinski definition) is 0. The number of benzene rings is 2. The molecule has 0 heterocycles. The molecule has 0 N–H and O–H groups in total. The molecule has 30 heavy (non-hydrogen) atoms. The van der Waals surface area contributed by atoms with Crippen LogP contribution in [0.4, 0.5) is 0 Å². The van der Waals surface area contributed by atoms with Gasteiger partial charge in [-0.1, -0.05) is 27.7 Å². The number of hydrogen-bond acceptors (Lipinski definition) is 0. The van der Waals surface area contributed by atoms with E-state index in [0.29, 0.717) is 0 Å². The van der Waals surface area contributed by atoms with E-state index in [1.165, 1.54) is 22.3 Å². The van der Waals surface area contributed by atoms with Crippen LogP contribution in [0.1, 0.15) is 33.4 Å². The Balaban J connectivity index is 0.000000188. The quantitative estimate of drug-likeness (QED) is 0.236. The average molecular weight is 515 g/mol. The Morgan fingerprint density at radius 2 is 1.00 bits per heavy atom. The zero-order valence-electron chi connectivity index (χ0n) is 18.0. The summed E-state index contributed by atoms with van der Waals surface area (Å²) in [4.78, 5) is 0. The predicted molar refractivity (Wildman–Crippen MR) is 131 cm³/mol. The standard InChI is InChI=1S/C13H10.2C7H9.2ClH.Zr/c1-3-7-12(8-4-1)11-13-9-5-2-6-10-13;2*1-6-3-4-7(2)5-6;;;/h1-10H;2*3-5H,1-2H3;2*1H;/q;2*-1;;;+2/p-2. The van der Waals surface area contributed by atoms with Crippen LogP contribution in [0.3, 0.4) is 0 Å². The van der Waals surface area contributed by atoms with Crippen LogP contribution in [0.5, 0.6) is 0 Å². The summed E-state index contributed by atoms with van der Waals surface area (Å²) in [6.45, 7) is 8.42. The molecule has 156 valence electrons. The van der Waals surface area contributed by atoms with Crippen molar-refractivity contribution < 1.29 is 18.9 Å². The number of rotatable bonds is 2. The van der Waals surface area contributed by atoms with Crippen LogP contribution in [0.15, 0.2) is 97.1 Å². The van der Waals surface area contributed by atoms with E-state index in [9.17, 15) is 0 Å². The van der Waals surface area contributed by atoms with Crippen LogP contribution in [-0.4, -0.2) is 3.21 Å². The second-order valence-corrected chi connectivity index (χ2v) is 15.4. The molecule has 0 aliphatic rings. The van der Waals surface area contributed by atoms with E-state index in [-0.39, 0.29) is 0 Å². The molecule has 0 bridgehead atoms. The molecule has 0 aliphatic heterocycles. The van der Waals surface area contributed by atoms with Gasteiger partial charge in [-0.2, -0.15) is 35.4 Å². The Kier molecular flexibility index (Phi) is 10.7. The van der Waals surface area contributed by atoms with Gasteiger partial charge in [0.2, 0.25) is 0 Å². The zero-order valence-corrected chi connectivity index (χ0v) is 22.0. The third kappa shape index (κ3) is 8.69. The zero-order chi connectivity index (χ0) is 21.9. The van der Waals surface area contributed by atoms with Gasteiger partial charge in [-0.3, -0.25) is 0 Å². The summed E-state index contributed by atoms with van der Waals surface area (Å²) < 4.78 is 1.15. The summed E-state index contributed by atoms with van der Waals surface area (Å²) in [6, 6.07) is 33.1. The molecule has 0 saturated heterocycles. The van der Waals surface area contributed by atoms with Gasteiger partial charge in [-0.25, -0.2) is 23.3 Å². The summed E-state index contributed by atoms with van der Waals surface area (Å²) in [7, 11) is 12.5. The van der Waals surface area contributed by atoms with Crippen molar-refractivity contribution in [3.8, 4) is 0 Å². The van der Waals surface area contributed by atoms with Crippen LogP contribution in [0.2, 0.25) is 0 Å². The van der Waals surface area contributed by atoms with Gasteiger partial charge < -0.3 is 0 Å². The predicted octanol–water partition coefficient (Wildman–Crippen LogP) is 8.23. The molecule has 0 aromatic heterocycles. The van der Waals surface area contributed by atoms with Gasteiger partial charge in [0.1, 0.15) is 0 Å². The third-order valence-corrected chi connectivity index (χ3v) is 9.03. The number of halogens is 2. The first-order valence-electron chi connectivity index (χ1n) is 9.93. The topological polar surface area (TPSA) is 0 Å². The van der Waals surface area contributed by atoms with Gasteiger partial charge >= 0.3 is 111 Å². The van der Waals surface area contributed by atoms with Crippen LogP contribution >= 0.6 is 17.0 Å². The fraction of sp³-hybridized carbons (Fsp3) is 0.148. The third-order valence-electron chi connectivity index (χ3n) is 4.44. The maximum absolute atomic E-state index is 6.24. The molecule has 0 nitrogen and oxygen atoms in total. The molecule has 0 unspecified atom stereocenters. The Labute approximate surface area is 196 Å². The first-order valence-corrected chi connectivity index (χ1v) is 17.5. The summed E-state index contributed by atoms with van der Waals surface area (Å²) in [5, 5.41) is 0. The summed E-state index contributed by atoms with van der Waals surface area (Å²) >= 11 is -2.44. The molecular formula is C27H28Cl2Zr-2. The van der Waals surface area contributed by atoms with Crippen molar-refractivity contribution in [2.45, 2.75) is 27.7 Å². The second-order valence-electron chi connectivity index (χ2n) is 7.30. The molecule has 4 rings (SSSR count). The fourth-order valence-corrected chi connectivity index (χ4v) is 7.51. The van der Waals surface area contributed by atoms with E-state index in [1.54, 1.807) is 0 Å². The van der Waals surface area contributed by atoms with Gasteiger partial charge in [0, 0.05) is 0 Å². The van der Waals surface area contributed by atoms with Crippen LogP contribution in [0.25, 0.3) is 0 Å². The second kappa shape index (κ2) is 13.0. The normalized spacial score (nSPS) is 9.67. The van der Waals surface area contributed by atoms with Gasteiger partial charge in [-0.15, -0.1) is 0 Å². The Morgan fingerprint density at radius 1 is 0.633 bits per heavy atom. The molecule has 0 spiro atoms. The Morgan fingerprint density at radius 3 is 1.20 bits per heavy atom. The minimum atomic E-state index is -2.44. The molecule has 0 radical (unpaired) electrons. The van der Waals surface area contributed by atoms with Crippen molar-refractivity contribution in [3.05, 3.63) is 130 Å². The maximum atomic E-state index is 6.24. The summed E-state index contributed by atoms with van der Waals surface area (Å²) in [6.07, 6.45) is 0. The molecule has 0 atom stereocenters. The number of aryl methyl sites for hydroxylation is 4. The van der Waals surface area contributed by atoms with Crippen LogP contribution in [0, 0.1) is 27.7 Å². The average Bonchev–Trinajstić information content (AvgIpc) is 3.30. The van der Waals surface area contributed by atoms with Crippen molar-refractivity contribution in [2.24, 2.45) is 0 Å². The first-order chi connectivity index (χ1) is 14.4. The van der Waals surface area contributed by atoms with Gasteiger partial charge in [0.05, 0.1) is 0 Å². The van der Waals surface area contributed by atoms with Gasteiger partial charge in [0.25, 0.3) is 0 Å². The van der Waals surface area contributed by atoms with E-state index in [2.05, 4.69) is 88.4 Å². The van der Waals surface area contributed by atoms with Crippen molar-refractivity contribution in [1.29, 1.82) is 0 Å². The monoisotopic (exact) mass is 512 g/mol. The van der Waals surface area contributed by atoms with Crippen LogP contribution < -0.4 is 0 Å². The van der Waals surface area contributed by atoms with Gasteiger partial charge in [0.15, 0.2) is 0 Å². The Bertz CT molecular complexity index is 924. The molecule has 0 amide bonds. The molecule has 4 aromatic carbocycles. The van der Waals surface area contributed by atoms with E-state index >= 15 is 0 Å². The molecule has 3 heteroatoms. The fourth-order valence-electron chi connectivity index (χ4n) is 3.03. The van der Waals surface area contributed by atoms with E-state index in [1.807, 2.05) is 36.4 Å². The first kappa shape index (κ1) is 24.7. The van der Waals surface area contributed by atoms with Crippen molar-refractivity contribution in [1.82, 2.24) is 0 Å². The molecule has 0 aliphatic carbocycles. The van der Waals surface area contributed by atoms with E-state index in [4.69, 9.17) is 17.0 Å². The summed E-state index contributed by atoms with van der Waals surface area (Å²) in [5.74, 6) is 0. The molecular weight excluding hydrogens is 486 g/mol. The van der Waals surface area contributed by atoms with E-state index in [0.717, 1.165) is 14.3 Å². The SMILES string of the molecule is Cc1c[cH-]c(C)c1.Cc1c[cH-]c(C)c1.[Cl][Zr]([Cl])=[C](c1ccccc1)c1ccccc1. The van der Waals surface area contributed by atoms with E-state index < -0.39 is 18.9 Å². The molecule has 0 fully saturated rings. The molecule has 0 saturated carbocycles. The van der Waals surface area contributed by atoms with Crippen LogP contribution in [-0.2, 0) is 18.9 Å². The summed E-state index contributed by atoms with van der Waals surface area (Å²) in [5.41, 5.74) is 7.73. The minimum absolute atomic E-state index is 1.15. The Hall–Kier alpha value is -1.53. The van der Waals surface area contributed by atoms with Crippen molar-refractivity contribution in [3.63, 3.8) is 0 Å².